The number of aromatic hydroxyl groups is 1. The third-order valence-electron chi connectivity index (χ3n) is 1.79. The molecule has 0 fully saturated rings. The number of aromatic nitrogens is 1. The molecule has 74 valence electrons. The van der Waals surface area contributed by atoms with E-state index < -0.39 is 11.6 Å². The molecule has 4 nitrogen and oxygen atoms in total. The van der Waals surface area contributed by atoms with E-state index in [-0.39, 0.29) is 9.83 Å². The average molecular weight is 214 g/mol. The lowest BCUT2D eigenvalue weighted by atomic mass is 10.3. The normalized spacial score (nSPS) is 10.7. The molecule has 14 heavy (non-hydrogen) atoms. The molecule has 2 rings (SSSR count). The fourth-order valence-corrected chi connectivity index (χ4v) is 1.96. The van der Waals surface area contributed by atoms with Crippen LogP contribution in [-0.4, -0.2) is 17.2 Å². The summed E-state index contributed by atoms with van der Waals surface area (Å²) in [7, 11) is 1.42. The highest BCUT2D eigenvalue weighted by molar-refractivity contribution is 7.22. The van der Waals surface area contributed by atoms with Crippen LogP contribution in [0.1, 0.15) is 0 Å². The molecule has 6 heteroatoms. The quantitative estimate of drug-likeness (QED) is 0.758. The summed E-state index contributed by atoms with van der Waals surface area (Å²) in [5.74, 6) is -0.861. The van der Waals surface area contributed by atoms with Gasteiger partial charge < -0.3 is 15.6 Å². The Kier molecular flexibility index (Phi) is 1.92. The zero-order valence-electron chi connectivity index (χ0n) is 7.24. The highest BCUT2D eigenvalue weighted by Crippen LogP contribution is 2.37. The minimum absolute atomic E-state index is 0.208. The van der Waals surface area contributed by atoms with Crippen molar-refractivity contribution in [2.45, 2.75) is 0 Å². The Morgan fingerprint density at radius 1 is 1.64 bits per heavy atom. The molecule has 0 aliphatic rings. The fraction of sp³-hybridized carbons (Fsp3) is 0.125. The summed E-state index contributed by atoms with van der Waals surface area (Å²) in [6.45, 7) is 0. The minimum Gasteiger partial charge on any atom is -0.505 e. The highest BCUT2D eigenvalue weighted by Gasteiger charge is 2.15. The minimum atomic E-state index is -0.713. The number of nitrogen functional groups attached to an aromatic ring is 1. The number of methoxy groups -OCH3 is 1. The number of thiazole rings is 1. The van der Waals surface area contributed by atoms with Gasteiger partial charge in [-0.25, -0.2) is 9.37 Å². The maximum atomic E-state index is 13.3. The summed E-state index contributed by atoms with van der Waals surface area (Å²) < 4.78 is 18.5. The Bertz CT molecular complexity index is 498. The smallest absolute Gasteiger partial charge is 0.184 e. The molecule has 0 bridgehead atoms. The lowest BCUT2D eigenvalue weighted by Gasteiger charge is -2.02. The van der Waals surface area contributed by atoms with Crippen molar-refractivity contribution in [3.63, 3.8) is 0 Å². The van der Waals surface area contributed by atoms with Crippen LogP contribution in [0.4, 0.5) is 9.52 Å². The second kappa shape index (κ2) is 2.98. The van der Waals surface area contributed by atoms with Gasteiger partial charge in [0.15, 0.2) is 16.7 Å². The first kappa shape index (κ1) is 9.01. The predicted octanol–water partition coefficient (Wildman–Crippen LogP) is 1.73. The van der Waals surface area contributed by atoms with Crippen molar-refractivity contribution in [3.8, 4) is 11.5 Å². The van der Waals surface area contributed by atoms with E-state index in [1.54, 1.807) is 0 Å². The second-order valence-electron chi connectivity index (χ2n) is 2.64. The van der Waals surface area contributed by atoms with E-state index in [1.165, 1.54) is 13.2 Å². The molecule has 3 N–H and O–H groups in total. The summed E-state index contributed by atoms with van der Waals surface area (Å²) >= 11 is 0.974. The Morgan fingerprint density at radius 2 is 2.36 bits per heavy atom. The molecule has 1 heterocycles. The molecule has 0 amide bonds. The van der Waals surface area contributed by atoms with Crippen molar-refractivity contribution in [1.82, 2.24) is 4.98 Å². The van der Waals surface area contributed by atoms with E-state index in [9.17, 15) is 9.50 Å². The summed E-state index contributed by atoms with van der Waals surface area (Å²) in [4.78, 5) is 3.91. The third-order valence-corrected chi connectivity index (χ3v) is 2.67. The topological polar surface area (TPSA) is 68.4 Å². The van der Waals surface area contributed by atoms with Crippen LogP contribution < -0.4 is 10.5 Å². The van der Waals surface area contributed by atoms with Crippen LogP contribution in [0.15, 0.2) is 6.07 Å². The molecule has 0 unspecified atom stereocenters. The van der Waals surface area contributed by atoms with Gasteiger partial charge in [-0.1, -0.05) is 11.3 Å². The number of phenolic OH excluding ortho intramolecular Hbond substituents is 1. The van der Waals surface area contributed by atoms with E-state index in [2.05, 4.69) is 4.98 Å². The average Bonchev–Trinajstić information content (AvgIpc) is 2.54. The van der Waals surface area contributed by atoms with Crippen molar-refractivity contribution < 1.29 is 14.2 Å². The molecular formula is C8H7FN2O2S. The fourth-order valence-electron chi connectivity index (χ4n) is 1.18. The van der Waals surface area contributed by atoms with Gasteiger partial charge in [-0.2, -0.15) is 0 Å². The van der Waals surface area contributed by atoms with Crippen LogP contribution in [0.3, 0.4) is 0 Å². The van der Waals surface area contributed by atoms with Crippen molar-refractivity contribution in [2.24, 2.45) is 0 Å². The predicted molar refractivity (Wildman–Crippen MR) is 52.2 cm³/mol. The van der Waals surface area contributed by atoms with Gasteiger partial charge in [-0.15, -0.1) is 0 Å². The molecular weight excluding hydrogens is 207 g/mol. The lowest BCUT2D eigenvalue weighted by molar-refractivity contribution is 0.403. The standard InChI is InChI=1S/C8H7FN2O2S/c1-13-4-2-3(12)5(9)7-6(4)11-8(10)14-7/h2,12H,1H3,(H2,10,11). The van der Waals surface area contributed by atoms with Crippen LogP contribution in [0, 0.1) is 5.82 Å². The van der Waals surface area contributed by atoms with Gasteiger partial charge in [-0.3, -0.25) is 0 Å². The van der Waals surface area contributed by atoms with Crippen LogP contribution in [0.2, 0.25) is 0 Å². The number of anilines is 1. The number of halogens is 1. The van der Waals surface area contributed by atoms with Crippen LogP contribution >= 0.6 is 11.3 Å². The van der Waals surface area contributed by atoms with E-state index in [0.717, 1.165) is 11.3 Å². The summed E-state index contributed by atoms with van der Waals surface area (Å²) in [6.07, 6.45) is 0. The van der Waals surface area contributed by atoms with Crippen molar-refractivity contribution in [2.75, 3.05) is 12.8 Å². The van der Waals surface area contributed by atoms with Gasteiger partial charge in [0.25, 0.3) is 0 Å². The maximum absolute atomic E-state index is 13.3. The van der Waals surface area contributed by atoms with Gasteiger partial charge in [0.05, 0.1) is 11.8 Å². The molecule has 0 aliphatic heterocycles. The molecule has 0 spiro atoms. The zero-order chi connectivity index (χ0) is 10.3. The summed E-state index contributed by atoms with van der Waals surface area (Å²) in [5, 5.41) is 9.46. The molecule has 1 aromatic heterocycles. The molecule has 0 saturated carbocycles. The SMILES string of the molecule is COc1cc(O)c(F)c2sc(N)nc12. The van der Waals surface area contributed by atoms with Gasteiger partial charge in [-0.05, 0) is 0 Å². The number of hydrogen-bond donors (Lipinski definition) is 2. The molecule has 0 radical (unpaired) electrons. The van der Waals surface area contributed by atoms with E-state index in [0.29, 0.717) is 11.3 Å². The Balaban J connectivity index is 2.88. The lowest BCUT2D eigenvalue weighted by Crippen LogP contribution is -1.87. The number of ether oxygens (including phenoxy) is 1. The van der Waals surface area contributed by atoms with E-state index in [1.807, 2.05) is 0 Å². The van der Waals surface area contributed by atoms with Crippen molar-refractivity contribution in [3.05, 3.63) is 11.9 Å². The zero-order valence-corrected chi connectivity index (χ0v) is 8.06. The van der Waals surface area contributed by atoms with Gasteiger partial charge >= 0.3 is 0 Å². The van der Waals surface area contributed by atoms with Crippen LogP contribution in [-0.2, 0) is 0 Å². The number of nitrogens with zero attached hydrogens (tertiary/aromatic N) is 1. The number of fused-ring (bicyclic) bond motifs is 1. The van der Waals surface area contributed by atoms with Crippen molar-refractivity contribution in [1.29, 1.82) is 0 Å². The molecule has 0 saturated heterocycles. The Hall–Kier alpha value is -1.56. The number of benzene rings is 1. The van der Waals surface area contributed by atoms with E-state index in [4.69, 9.17) is 10.5 Å². The summed E-state index contributed by atoms with van der Waals surface area (Å²) in [6, 6.07) is 1.18. The molecule has 2 aromatic rings. The first-order chi connectivity index (χ1) is 6.63. The number of nitrogens with two attached hydrogens (primary N) is 1. The Labute approximate surface area is 82.8 Å². The number of rotatable bonds is 1. The highest BCUT2D eigenvalue weighted by atomic mass is 32.1. The molecule has 1 aromatic carbocycles. The molecule has 0 aliphatic carbocycles. The summed E-state index contributed by atoms with van der Waals surface area (Å²) in [5.41, 5.74) is 5.77. The van der Waals surface area contributed by atoms with Gasteiger partial charge in [0, 0.05) is 6.07 Å². The first-order valence-corrected chi connectivity index (χ1v) is 4.56. The van der Waals surface area contributed by atoms with Gasteiger partial charge in [0.2, 0.25) is 0 Å². The number of hydrogen-bond acceptors (Lipinski definition) is 5. The third kappa shape index (κ3) is 1.15. The monoisotopic (exact) mass is 214 g/mol. The van der Waals surface area contributed by atoms with Crippen LogP contribution in [0.25, 0.3) is 10.2 Å². The van der Waals surface area contributed by atoms with Crippen LogP contribution in [0.5, 0.6) is 11.5 Å². The first-order valence-electron chi connectivity index (χ1n) is 3.75. The van der Waals surface area contributed by atoms with E-state index >= 15 is 0 Å². The second-order valence-corrected chi connectivity index (χ2v) is 3.67. The van der Waals surface area contributed by atoms with Crippen molar-refractivity contribution >= 4 is 26.7 Å². The number of phenols is 1. The Morgan fingerprint density at radius 3 is 3.00 bits per heavy atom. The maximum Gasteiger partial charge on any atom is 0.184 e. The molecule has 0 atom stereocenters. The van der Waals surface area contributed by atoms with Gasteiger partial charge in [0.1, 0.15) is 11.3 Å². The largest absolute Gasteiger partial charge is 0.505 e.